The van der Waals surface area contributed by atoms with Gasteiger partial charge in [0.15, 0.2) is 0 Å². The number of rotatable bonds is 8. The van der Waals surface area contributed by atoms with Gasteiger partial charge < -0.3 is 15.0 Å². The Kier molecular flexibility index (Phi) is 7.67. The molecule has 7 nitrogen and oxygen atoms in total. The second-order valence-electron chi connectivity index (χ2n) is 7.85. The highest BCUT2D eigenvalue weighted by Crippen LogP contribution is 2.27. The van der Waals surface area contributed by atoms with Gasteiger partial charge in [0.1, 0.15) is 10.7 Å². The quantitative estimate of drug-likeness (QED) is 0.501. The second kappa shape index (κ2) is 10.5. The van der Waals surface area contributed by atoms with Crippen LogP contribution >= 0.6 is 34.4 Å². The Labute approximate surface area is 199 Å². The van der Waals surface area contributed by atoms with Crippen LogP contribution in [-0.4, -0.2) is 58.9 Å². The number of carbonyl (C=O) groups is 1. The molecule has 4 rings (SSSR count). The van der Waals surface area contributed by atoms with E-state index < -0.39 is 0 Å². The summed E-state index contributed by atoms with van der Waals surface area (Å²) < 4.78 is 5.49. The minimum atomic E-state index is -0.253. The van der Waals surface area contributed by atoms with Gasteiger partial charge in [0, 0.05) is 29.4 Å². The van der Waals surface area contributed by atoms with Crippen LogP contribution in [-0.2, 0) is 15.3 Å². The molecule has 0 aromatic carbocycles. The lowest BCUT2D eigenvalue weighted by Gasteiger charge is -2.34. The summed E-state index contributed by atoms with van der Waals surface area (Å²) in [5.41, 5.74) is 0.889. The number of nitrogens with one attached hydrogen (secondary N) is 2. The van der Waals surface area contributed by atoms with Gasteiger partial charge in [-0.15, -0.1) is 34.4 Å². The number of morpholine rings is 1. The topological polar surface area (TPSA) is 87.3 Å². The van der Waals surface area contributed by atoms with Gasteiger partial charge in [-0.2, -0.15) is 0 Å². The van der Waals surface area contributed by atoms with E-state index >= 15 is 0 Å². The fourth-order valence-corrected chi connectivity index (χ4v) is 6.46. The Balaban J connectivity index is 1.35. The van der Waals surface area contributed by atoms with Crippen molar-refractivity contribution in [3.8, 4) is 0 Å². The molecule has 1 aliphatic rings. The number of aryl methyl sites for hydroxylation is 2. The molecule has 32 heavy (non-hydrogen) atoms. The van der Waals surface area contributed by atoms with Gasteiger partial charge >= 0.3 is 0 Å². The van der Waals surface area contributed by atoms with E-state index in [4.69, 9.17) is 4.74 Å². The number of aromatic amines is 1. The van der Waals surface area contributed by atoms with Crippen molar-refractivity contribution in [3.05, 3.63) is 49.0 Å². The zero-order valence-electron chi connectivity index (χ0n) is 18.5. The van der Waals surface area contributed by atoms with Gasteiger partial charge in [-0.3, -0.25) is 14.5 Å². The number of ether oxygens (including phenoxy) is 1. The number of H-pyrrole nitrogens is 1. The molecule has 0 saturated carbocycles. The minimum Gasteiger partial charge on any atom is -0.379 e. The van der Waals surface area contributed by atoms with Crippen molar-refractivity contribution in [2.75, 3.05) is 32.8 Å². The first-order chi connectivity index (χ1) is 15.4. The van der Waals surface area contributed by atoms with E-state index in [-0.39, 0.29) is 22.8 Å². The van der Waals surface area contributed by atoms with E-state index in [1.54, 1.807) is 11.3 Å². The number of nitrogens with zero attached hydrogens (tertiary/aromatic N) is 2. The third kappa shape index (κ3) is 5.26. The Morgan fingerprint density at radius 3 is 2.88 bits per heavy atom. The normalized spacial score (nSPS) is 16.8. The van der Waals surface area contributed by atoms with Gasteiger partial charge in [-0.25, -0.2) is 4.98 Å². The molecule has 0 spiro atoms. The number of thioether (sulfide) groups is 1. The number of carbonyl (C=O) groups excluding carboxylic acids is 1. The first-order valence-electron chi connectivity index (χ1n) is 10.7. The van der Waals surface area contributed by atoms with E-state index in [9.17, 15) is 9.59 Å². The highest BCUT2D eigenvalue weighted by molar-refractivity contribution is 7.99. The third-order valence-corrected chi connectivity index (χ3v) is 8.98. The van der Waals surface area contributed by atoms with Crippen LogP contribution in [0.5, 0.6) is 0 Å². The molecule has 1 aliphatic heterocycles. The van der Waals surface area contributed by atoms with E-state index in [1.807, 2.05) is 20.8 Å². The Morgan fingerprint density at radius 2 is 2.16 bits per heavy atom. The molecule has 172 valence electrons. The van der Waals surface area contributed by atoms with Crippen LogP contribution < -0.4 is 10.9 Å². The molecule has 1 fully saturated rings. The van der Waals surface area contributed by atoms with Gasteiger partial charge in [0.2, 0.25) is 5.91 Å². The molecule has 2 atom stereocenters. The maximum absolute atomic E-state index is 12.8. The van der Waals surface area contributed by atoms with Crippen molar-refractivity contribution in [2.24, 2.45) is 0 Å². The first kappa shape index (κ1) is 23.4. The molecular formula is C22H28N4O3S3. The number of aromatic nitrogens is 2. The first-order valence-corrected chi connectivity index (χ1v) is 13.4. The van der Waals surface area contributed by atoms with Crippen molar-refractivity contribution in [1.29, 1.82) is 0 Å². The highest BCUT2D eigenvalue weighted by Gasteiger charge is 2.25. The van der Waals surface area contributed by atoms with Crippen molar-refractivity contribution in [3.63, 3.8) is 0 Å². The van der Waals surface area contributed by atoms with Crippen LogP contribution in [0, 0.1) is 13.8 Å². The van der Waals surface area contributed by atoms with Crippen LogP contribution in [0.2, 0.25) is 0 Å². The second-order valence-corrected chi connectivity index (χ2v) is 11.4. The standard InChI is InChI=1S/C22H28N4O3S3/c1-13-14(2)32-22-19(13)21(28)24-18(25-22)12-31-15(3)20(27)23-11-16(17-5-4-10-30-17)26-6-8-29-9-7-26/h4-5,10,15-16H,6-9,11-12H2,1-3H3,(H,23,27)(H,24,25,28)/t15-,16+/m0/s1. The van der Waals surface area contributed by atoms with E-state index in [2.05, 4.69) is 37.7 Å². The SMILES string of the molecule is Cc1sc2nc(CS[C@@H](C)C(=O)NC[C@H](c3cccs3)N3CCOCC3)[nH]c(=O)c2c1C. The van der Waals surface area contributed by atoms with Crippen LogP contribution in [0.3, 0.4) is 0 Å². The molecule has 1 amide bonds. The van der Waals surface area contributed by atoms with E-state index in [0.29, 0.717) is 23.5 Å². The summed E-state index contributed by atoms with van der Waals surface area (Å²) >= 11 is 4.74. The average Bonchev–Trinajstić information content (AvgIpc) is 3.41. The zero-order valence-corrected chi connectivity index (χ0v) is 20.9. The van der Waals surface area contributed by atoms with Crippen molar-refractivity contribution in [1.82, 2.24) is 20.2 Å². The molecule has 3 aromatic heterocycles. The van der Waals surface area contributed by atoms with Crippen LogP contribution in [0.4, 0.5) is 0 Å². The number of amides is 1. The Hall–Kier alpha value is -1.72. The number of fused-ring (bicyclic) bond motifs is 1. The van der Waals surface area contributed by atoms with Crippen molar-refractivity contribution < 1.29 is 9.53 Å². The Morgan fingerprint density at radius 1 is 1.38 bits per heavy atom. The smallest absolute Gasteiger partial charge is 0.259 e. The summed E-state index contributed by atoms with van der Waals surface area (Å²) in [6.07, 6.45) is 0. The van der Waals surface area contributed by atoms with Gasteiger partial charge in [0.25, 0.3) is 5.56 Å². The summed E-state index contributed by atoms with van der Waals surface area (Å²) in [6.45, 7) is 9.60. The fraction of sp³-hybridized carbons (Fsp3) is 0.500. The zero-order chi connectivity index (χ0) is 22.7. The summed E-state index contributed by atoms with van der Waals surface area (Å²) in [4.78, 5) is 38.2. The summed E-state index contributed by atoms with van der Waals surface area (Å²) in [5, 5.41) is 5.63. The molecule has 4 heterocycles. The van der Waals surface area contributed by atoms with Crippen LogP contribution in [0.1, 0.15) is 34.1 Å². The molecule has 1 saturated heterocycles. The molecule has 2 N–H and O–H groups in total. The minimum absolute atomic E-state index is 0.00365. The number of hydrogen-bond acceptors (Lipinski definition) is 8. The predicted molar refractivity (Wildman–Crippen MR) is 133 cm³/mol. The molecule has 3 aromatic rings. The summed E-state index contributed by atoms with van der Waals surface area (Å²) in [7, 11) is 0. The predicted octanol–water partition coefficient (Wildman–Crippen LogP) is 3.47. The lowest BCUT2D eigenvalue weighted by molar-refractivity contribution is -0.120. The van der Waals surface area contributed by atoms with Crippen LogP contribution in [0.15, 0.2) is 22.3 Å². The average molecular weight is 493 g/mol. The van der Waals surface area contributed by atoms with E-state index in [1.165, 1.54) is 28.0 Å². The fourth-order valence-electron chi connectivity index (χ4n) is 3.77. The maximum Gasteiger partial charge on any atom is 0.259 e. The number of thiophene rings is 2. The molecule has 0 bridgehead atoms. The molecule has 0 unspecified atom stereocenters. The van der Waals surface area contributed by atoms with Crippen LogP contribution in [0.25, 0.3) is 10.2 Å². The molecule has 0 aliphatic carbocycles. The summed E-state index contributed by atoms with van der Waals surface area (Å²) in [6, 6.07) is 4.33. The largest absolute Gasteiger partial charge is 0.379 e. The Bertz CT molecular complexity index is 1120. The lowest BCUT2D eigenvalue weighted by atomic mass is 10.2. The van der Waals surface area contributed by atoms with Gasteiger partial charge in [-0.05, 0) is 37.8 Å². The van der Waals surface area contributed by atoms with Crippen molar-refractivity contribution in [2.45, 2.75) is 37.8 Å². The van der Waals surface area contributed by atoms with Gasteiger partial charge in [0.05, 0.1) is 35.6 Å². The monoisotopic (exact) mass is 492 g/mol. The van der Waals surface area contributed by atoms with Gasteiger partial charge in [-0.1, -0.05) is 6.07 Å². The van der Waals surface area contributed by atoms with Crippen molar-refractivity contribution >= 4 is 50.6 Å². The summed E-state index contributed by atoms with van der Waals surface area (Å²) in [5.74, 6) is 1.09. The maximum atomic E-state index is 12.8. The lowest BCUT2D eigenvalue weighted by Crippen LogP contribution is -2.44. The molecule has 0 radical (unpaired) electrons. The van der Waals surface area contributed by atoms with E-state index in [0.717, 1.165) is 41.6 Å². The number of hydrogen-bond donors (Lipinski definition) is 2. The molecule has 10 heteroatoms. The highest BCUT2D eigenvalue weighted by atomic mass is 32.2. The third-order valence-electron chi connectivity index (χ3n) is 5.76. The molecular weight excluding hydrogens is 464 g/mol.